The Labute approximate surface area is 608 Å². The number of aliphatic hydroxyl groups is 1. The van der Waals surface area contributed by atoms with Crippen LogP contribution in [0, 0.1) is 0 Å². The van der Waals surface area contributed by atoms with Gasteiger partial charge in [-0.1, -0.05) is 194 Å². The number of phenols is 7. The van der Waals surface area contributed by atoms with Crippen LogP contribution in [0.1, 0.15) is 88.6 Å². The Morgan fingerprint density at radius 3 is 1.08 bits per heavy atom. The second kappa shape index (κ2) is 31.4. The average molecular weight is 1420 g/mol. The fourth-order valence-electron chi connectivity index (χ4n) is 12.6. The molecule has 4 atom stereocenters. The molecule has 14 rings (SSSR count). The van der Waals surface area contributed by atoms with Gasteiger partial charge < -0.3 is 88.2 Å². The Bertz CT molecular complexity index is 4990. The van der Waals surface area contributed by atoms with Crippen LogP contribution in [0.4, 0.5) is 0 Å². The first-order valence-corrected chi connectivity index (χ1v) is 34.0. The fourth-order valence-corrected chi connectivity index (χ4v) is 12.6. The third-order valence-corrected chi connectivity index (χ3v) is 18.0. The largest absolute Gasteiger partial charge is 0.507 e. The van der Waals surface area contributed by atoms with Crippen molar-refractivity contribution in [3.8, 4) is 103 Å². The maximum Gasteiger partial charge on any atom is 0.343 e. The lowest BCUT2D eigenvalue weighted by Crippen LogP contribution is -2.35. The molecule has 2 aliphatic rings. The number of esters is 2. The number of phenolic OH excluding ortho intramolecular Hbond substituents is 7. The highest BCUT2D eigenvalue weighted by Gasteiger charge is 2.42. The van der Waals surface area contributed by atoms with Crippen molar-refractivity contribution in [1.82, 2.24) is 0 Å². The summed E-state index contributed by atoms with van der Waals surface area (Å²) >= 11 is 0. The normalized spacial score (nSPS) is 14.9. The predicted molar refractivity (Wildman–Crippen MR) is 388 cm³/mol. The lowest BCUT2D eigenvalue weighted by molar-refractivity contribution is -0.0189. The molecule has 0 radical (unpaired) electrons. The number of carbonyl (C=O) groups is 2. The predicted octanol–water partition coefficient (Wildman–Crippen LogP) is 15.9. The van der Waals surface area contributed by atoms with Crippen LogP contribution >= 0.6 is 0 Å². The van der Waals surface area contributed by atoms with E-state index in [9.17, 15) is 40.9 Å². The summed E-state index contributed by atoms with van der Waals surface area (Å²) < 4.78 is 65.7. The summed E-state index contributed by atoms with van der Waals surface area (Å²) in [5.41, 5.74) is 3.69. The van der Waals surface area contributed by atoms with Crippen molar-refractivity contribution < 1.29 is 97.8 Å². The zero-order valence-corrected chi connectivity index (χ0v) is 56.7. The fraction of sp³-hybridized carbons (Fsp3) is 0.140. The zero-order valence-electron chi connectivity index (χ0n) is 56.7. The third kappa shape index (κ3) is 15.8. The first-order chi connectivity index (χ1) is 51.6. The van der Waals surface area contributed by atoms with E-state index >= 15 is 9.59 Å². The Morgan fingerprint density at radius 1 is 0.340 bits per heavy atom. The van der Waals surface area contributed by atoms with E-state index in [0.29, 0.717) is 0 Å². The van der Waals surface area contributed by atoms with Crippen LogP contribution in [0.3, 0.4) is 0 Å². The van der Waals surface area contributed by atoms with E-state index < -0.39 is 99.9 Å². The Morgan fingerprint density at radius 2 is 0.689 bits per heavy atom. The van der Waals surface area contributed by atoms with Crippen LogP contribution in [0.5, 0.6) is 92.0 Å². The topological polar surface area (TPSA) is 288 Å². The van der Waals surface area contributed by atoms with Crippen molar-refractivity contribution >= 4 is 11.9 Å². The molecular formula is C86H70O20. The van der Waals surface area contributed by atoms with Crippen LogP contribution in [0.2, 0.25) is 0 Å². The smallest absolute Gasteiger partial charge is 0.343 e. The number of aromatic hydroxyl groups is 7. The van der Waals surface area contributed by atoms with E-state index in [1.165, 1.54) is 60.7 Å². The number of rotatable bonds is 25. The van der Waals surface area contributed by atoms with Crippen LogP contribution in [0.25, 0.3) is 11.1 Å². The molecule has 12 aromatic rings. The lowest BCUT2D eigenvalue weighted by Gasteiger charge is -2.35. The molecule has 20 nitrogen and oxygen atoms in total. The van der Waals surface area contributed by atoms with Crippen molar-refractivity contribution in [3.63, 3.8) is 0 Å². The number of hydrogen-bond donors (Lipinski definition) is 8. The molecule has 0 bridgehead atoms. The number of carbonyl (C=O) groups excluding carboxylic acids is 2. The molecule has 2 aliphatic heterocycles. The van der Waals surface area contributed by atoms with Gasteiger partial charge in [0, 0.05) is 41.7 Å². The van der Waals surface area contributed by atoms with E-state index in [0.717, 1.165) is 45.5 Å². The summed E-state index contributed by atoms with van der Waals surface area (Å²) in [5.74, 6) is -6.50. The van der Waals surface area contributed by atoms with Crippen LogP contribution < -0.4 is 42.6 Å². The standard InChI is InChI=1S/C86H70O20/c87-63-33-31-57(35-65(63)89)80-69(93)41-61-70(103-80)43-67(91)77(79(61)94)78-68(92)44-71-62(82(78)106-86(96)60-39-74(99-47-53-23-11-3-12-24-53)84(102-50-56-29-17-6-18-30-56)75(40-60)100-48-54-25-13-4-14-26-54)42-76(81(104-71)58-32-34-64(88)66(90)36-58)105-85(95)59-37-72(97-45-51-19-7-1-8-20-51)83(101-49-55-27-15-5-16-28-55)73(38-59)98-46-52-21-9-2-10-22-52/h1-40,43-44,69,76,80-81,87-94H,41-42,45-50H2. The second-order valence-electron chi connectivity index (χ2n) is 25.3. The molecule has 2 heterocycles. The van der Waals surface area contributed by atoms with Gasteiger partial charge in [0.25, 0.3) is 0 Å². The summed E-state index contributed by atoms with van der Waals surface area (Å²) in [4.78, 5) is 31.4. The molecule has 0 aliphatic carbocycles. The number of benzene rings is 12. The lowest BCUT2D eigenvalue weighted by atomic mass is 9.87. The highest BCUT2D eigenvalue weighted by atomic mass is 16.6. The summed E-state index contributed by atoms with van der Waals surface area (Å²) in [7, 11) is 0. The van der Waals surface area contributed by atoms with E-state index in [2.05, 4.69) is 0 Å². The van der Waals surface area contributed by atoms with Crippen LogP contribution in [-0.2, 0) is 57.2 Å². The Hall–Kier alpha value is -13.5. The maximum absolute atomic E-state index is 15.8. The maximum atomic E-state index is 15.8. The first kappa shape index (κ1) is 69.6. The third-order valence-electron chi connectivity index (χ3n) is 18.0. The van der Waals surface area contributed by atoms with Crippen molar-refractivity contribution in [3.05, 3.63) is 322 Å². The van der Waals surface area contributed by atoms with Crippen molar-refractivity contribution in [2.45, 2.75) is 76.9 Å². The van der Waals surface area contributed by atoms with Crippen molar-refractivity contribution in [1.29, 1.82) is 0 Å². The second-order valence-corrected chi connectivity index (χ2v) is 25.3. The van der Waals surface area contributed by atoms with Gasteiger partial charge in [-0.05, 0) is 87.5 Å². The van der Waals surface area contributed by atoms with Gasteiger partial charge in [0.05, 0.1) is 28.4 Å². The van der Waals surface area contributed by atoms with Gasteiger partial charge in [-0.15, -0.1) is 0 Å². The molecule has 4 unspecified atom stereocenters. The van der Waals surface area contributed by atoms with Gasteiger partial charge in [0.2, 0.25) is 11.5 Å². The minimum Gasteiger partial charge on any atom is -0.507 e. The van der Waals surface area contributed by atoms with Crippen molar-refractivity contribution in [2.24, 2.45) is 0 Å². The minimum atomic E-state index is -1.50. The summed E-state index contributed by atoms with van der Waals surface area (Å²) in [5, 5.41) is 91.9. The molecule has 0 aromatic heterocycles. The van der Waals surface area contributed by atoms with Gasteiger partial charge in [-0.2, -0.15) is 0 Å². The monoisotopic (exact) mass is 1420 g/mol. The van der Waals surface area contributed by atoms with Crippen molar-refractivity contribution in [2.75, 3.05) is 0 Å². The molecule has 8 N–H and O–H groups in total. The van der Waals surface area contributed by atoms with E-state index in [1.807, 2.05) is 182 Å². The molecule has 0 amide bonds. The molecule has 20 heteroatoms. The van der Waals surface area contributed by atoms with E-state index in [1.54, 1.807) is 0 Å². The molecular weight excluding hydrogens is 1350 g/mol. The molecule has 534 valence electrons. The Balaban J connectivity index is 0.910. The van der Waals surface area contributed by atoms with Gasteiger partial charge in [0.15, 0.2) is 52.1 Å². The van der Waals surface area contributed by atoms with E-state index in [-0.39, 0.29) is 125 Å². The number of fused-ring (bicyclic) bond motifs is 2. The first-order valence-electron chi connectivity index (χ1n) is 34.0. The van der Waals surface area contributed by atoms with Gasteiger partial charge in [0.1, 0.15) is 86.3 Å². The van der Waals surface area contributed by atoms with Gasteiger partial charge in [-0.25, -0.2) is 9.59 Å². The summed E-state index contributed by atoms with van der Waals surface area (Å²) in [6.45, 7) is 0.153. The highest BCUT2D eigenvalue weighted by molar-refractivity contribution is 5.97. The van der Waals surface area contributed by atoms with Gasteiger partial charge >= 0.3 is 11.9 Å². The molecule has 106 heavy (non-hydrogen) atoms. The van der Waals surface area contributed by atoms with E-state index in [4.69, 9.17) is 47.4 Å². The quantitative estimate of drug-likeness (QED) is 0.0150. The molecule has 0 saturated carbocycles. The number of ether oxygens (including phenoxy) is 10. The van der Waals surface area contributed by atoms with Crippen LogP contribution in [0.15, 0.2) is 255 Å². The van der Waals surface area contributed by atoms with Crippen LogP contribution in [-0.4, -0.2) is 65.0 Å². The molecule has 0 fully saturated rings. The SMILES string of the molecule is O=C(Oc1c2c(cc(O)c1-c1c(O)cc3c(c1O)CC(O)C(c1ccc(O)c(O)c1)O3)OC(c1ccc(O)c(O)c1)C(OC(=O)c1cc(OCc3ccccc3)c(OCc3ccccc3)c(OCc3ccccc3)c1)C2)c1cc(OCc2ccccc2)c(OCc2ccccc2)c(OCc2ccccc2)c1. The number of hydrogen-bond acceptors (Lipinski definition) is 20. The zero-order chi connectivity index (χ0) is 73.2. The summed E-state index contributed by atoms with van der Waals surface area (Å²) in [6.07, 6.45) is -6.33. The molecule has 0 saturated heterocycles. The highest BCUT2D eigenvalue weighted by Crippen LogP contribution is 2.57. The Kier molecular flexibility index (Phi) is 20.6. The molecule has 0 spiro atoms. The molecule has 12 aromatic carbocycles. The average Bonchev–Trinajstić information content (AvgIpc) is 0.728. The number of aliphatic hydroxyl groups excluding tert-OH is 1. The van der Waals surface area contributed by atoms with Gasteiger partial charge in [-0.3, -0.25) is 0 Å². The summed E-state index contributed by atoms with van der Waals surface area (Å²) in [6, 6.07) is 71.7. The minimum absolute atomic E-state index is 0.00945.